The molecule has 3 heteroatoms. The molecular formula is C15H26N2O. The Kier molecular flexibility index (Phi) is 6.76. The molecule has 0 amide bonds. The van der Waals surface area contributed by atoms with Crippen molar-refractivity contribution in [2.75, 3.05) is 40.3 Å². The van der Waals surface area contributed by atoms with Crippen LogP contribution in [0.15, 0.2) is 24.3 Å². The van der Waals surface area contributed by atoms with Crippen molar-refractivity contribution in [1.82, 2.24) is 10.2 Å². The molecule has 0 bridgehead atoms. The molecule has 0 aliphatic rings. The lowest BCUT2D eigenvalue weighted by atomic mass is 10.0. The van der Waals surface area contributed by atoms with Crippen molar-refractivity contribution in [3.05, 3.63) is 29.8 Å². The number of para-hydroxylation sites is 1. The van der Waals surface area contributed by atoms with E-state index in [1.165, 1.54) is 5.56 Å². The van der Waals surface area contributed by atoms with Gasteiger partial charge in [0.1, 0.15) is 12.4 Å². The number of hydrogen-bond donors (Lipinski definition) is 1. The molecule has 102 valence electrons. The van der Waals surface area contributed by atoms with E-state index < -0.39 is 0 Å². The molecular weight excluding hydrogens is 224 g/mol. The van der Waals surface area contributed by atoms with E-state index in [-0.39, 0.29) is 0 Å². The molecule has 18 heavy (non-hydrogen) atoms. The molecule has 0 radical (unpaired) electrons. The Hall–Kier alpha value is -1.06. The normalized spacial score (nSPS) is 11.2. The summed E-state index contributed by atoms with van der Waals surface area (Å²) >= 11 is 0. The largest absolute Gasteiger partial charge is 0.492 e. The second kappa shape index (κ2) is 8.11. The van der Waals surface area contributed by atoms with E-state index in [9.17, 15) is 0 Å². The van der Waals surface area contributed by atoms with E-state index in [0.717, 1.165) is 32.0 Å². The third-order valence-corrected chi connectivity index (χ3v) is 2.81. The molecule has 0 unspecified atom stereocenters. The quantitative estimate of drug-likeness (QED) is 0.717. The van der Waals surface area contributed by atoms with Crippen LogP contribution in [0.1, 0.15) is 25.3 Å². The minimum atomic E-state index is 0.503. The van der Waals surface area contributed by atoms with Gasteiger partial charge in [-0.25, -0.2) is 0 Å². The SMILES string of the molecule is CC(C)c1ccccc1OCCNCCN(C)C. The van der Waals surface area contributed by atoms with Gasteiger partial charge in [-0.05, 0) is 31.6 Å². The molecule has 1 aromatic carbocycles. The summed E-state index contributed by atoms with van der Waals surface area (Å²) in [5.74, 6) is 1.52. The molecule has 1 aromatic rings. The molecule has 0 atom stereocenters. The molecule has 0 saturated carbocycles. The molecule has 0 aliphatic heterocycles. The molecule has 0 aromatic heterocycles. The first-order valence-corrected chi connectivity index (χ1v) is 6.68. The van der Waals surface area contributed by atoms with Gasteiger partial charge >= 0.3 is 0 Å². The summed E-state index contributed by atoms with van der Waals surface area (Å²) in [5, 5.41) is 3.37. The maximum atomic E-state index is 5.83. The summed E-state index contributed by atoms with van der Waals surface area (Å²) in [7, 11) is 4.16. The van der Waals surface area contributed by atoms with Crippen LogP contribution in [0.25, 0.3) is 0 Å². The third kappa shape index (κ3) is 5.52. The van der Waals surface area contributed by atoms with E-state index in [0.29, 0.717) is 5.92 Å². The van der Waals surface area contributed by atoms with Gasteiger partial charge in [-0.3, -0.25) is 0 Å². The van der Waals surface area contributed by atoms with Crippen LogP contribution in [-0.4, -0.2) is 45.2 Å². The zero-order chi connectivity index (χ0) is 13.4. The average molecular weight is 250 g/mol. The minimum Gasteiger partial charge on any atom is -0.492 e. The average Bonchev–Trinajstić information content (AvgIpc) is 2.33. The van der Waals surface area contributed by atoms with E-state index in [1.54, 1.807) is 0 Å². The highest BCUT2D eigenvalue weighted by Gasteiger charge is 2.06. The van der Waals surface area contributed by atoms with Gasteiger partial charge < -0.3 is 15.0 Å². The molecule has 1 N–H and O–H groups in total. The number of hydrogen-bond acceptors (Lipinski definition) is 3. The Morgan fingerprint density at radius 1 is 1.17 bits per heavy atom. The predicted octanol–water partition coefficient (Wildman–Crippen LogP) is 2.34. The lowest BCUT2D eigenvalue weighted by Gasteiger charge is -2.14. The fraction of sp³-hybridized carbons (Fsp3) is 0.600. The minimum absolute atomic E-state index is 0.503. The van der Waals surface area contributed by atoms with Crippen molar-refractivity contribution >= 4 is 0 Å². The Morgan fingerprint density at radius 3 is 2.56 bits per heavy atom. The fourth-order valence-corrected chi connectivity index (χ4v) is 1.75. The summed E-state index contributed by atoms with van der Waals surface area (Å²) in [6, 6.07) is 8.28. The highest BCUT2D eigenvalue weighted by atomic mass is 16.5. The fourth-order valence-electron chi connectivity index (χ4n) is 1.75. The maximum Gasteiger partial charge on any atom is 0.122 e. The number of rotatable bonds is 8. The topological polar surface area (TPSA) is 24.5 Å². The molecule has 0 fully saturated rings. The third-order valence-electron chi connectivity index (χ3n) is 2.81. The summed E-state index contributed by atoms with van der Waals surface area (Å²) in [5.41, 5.74) is 1.28. The Bertz CT molecular complexity index is 337. The van der Waals surface area contributed by atoms with Crippen molar-refractivity contribution in [1.29, 1.82) is 0 Å². The van der Waals surface area contributed by atoms with Crippen molar-refractivity contribution in [2.24, 2.45) is 0 Å². The monoisotopic (exact) mass is 250 g/mol. The molecule has 0 saturated heterocycles. The maximum absolute atomic E-state index is 5.83. The van der Waals surface area contributed by atoms with Crippen molar-refractivity contribution in [3.63, 3.8) is 0 Å². The Balaban J connectivity index is 2.27. The van der Waals surface area contributed by atoms with Crippen LogP contribution in [0.2, 0.25) is 0 Å². The van der Waals surface area contributed by atoms with Gasteiger partial charge in [0.05, 0.1) is 0 Å². The summed E-state index contributed by atoms with van der Waals surface area (Å²) < 4.78 is 5.83. The van der Waals surface area contributed by atoms with Crippen LogP contribution in [-0.2, 0) is 0 Å². The van der Waals surface area contributed by atoms with Crippen LogP contribution in [0, 0.1) is 0 Å². The molecule has 0 aliphatic carbocycles. The Morgan fingerprint density at radius 2 is 1.89 bits per heavy atom. The molecule has 1 rings (SSSR count). The lowest BCUT2D eigenvalue weighted by molar-refractivity contribution is 0.304. The zero-order valence-electron chi connectivity index (χ0n) is 12.1. The predicted molar refractivity (Wildman–Crippen MR) is 77.4 cm³/mol. The standard InChI is InChI=1S/C15H26N2O/c1-13(2)14-7-5-6-8-15(14)18-12-10-16-9-11-17(3)4/h5-8,13,16H,9-12H2,1-4H3. The van der Waals surface area contributed by atoms with Crippen LogP contribution < -0.4 is 10.1 Å². The van der Waals surface area contributed by atoms with Gasteiger partial charge in [-0.1, -0.05) is 32.0 Å². The highest BCUT2D eigenvalue weighted by molar-refractivity contribution is 5.35. The second-order valence-corrected chi connectivity index (χ2v) is 5.09. The summed E-state index contributed by atoms with van der Waals surface area (Å²) in [6.07, 6.45) is 0. The molecule has 0 spiro atoms. The number of benzene rings is 1. The van der Waals surface area contributed by atoms with Crippen LogP contribution in [0.4, 0.5) is 0 Å². The Labute approximate surface area is 111 Å². The van der Waals surface area contributed by atoms with E-state index in [4.69, 9.17) is 4.74 Å². The number of nitrogens with one attached hydrogen (secondary N) is 1. The van der Waals surface area contributed by atoms with E-state index >= 15 is 0 Å². The highest BCUT2D eigenvalue weighted by Crippen LogP contribution is 2.25. The van der Waals surface area contributed by atoms with Crippen molar-refractivity contribution < 1.29 is 4.74 Å². The van der Waals surface area contributed by atoms with Gasteiger partial charge in [-0.15, -0.1) is 0 Å². The summed E-state index contributed by atoms with van der Waals surface area (Å²) in [4.78, 5) is 2.17. The van der Waals surface area contributed by atoms with Crippen LogP contribution in [0.5, 0.6) is 5.75 Å². The van der Waals surface area contributed by atoms with E-state index in [2.05, 4.69) is 56.4 Å². The van der Waals surface area contributed by atoms with Crippen LogP contribution >= 0.6 is 0 Å². The zero-order valence-corrected chi connectivity index (χ0v) is 12.1. The van der Waals surface area contributed by atoms with Crippen LogP contribution in [0.3, 0.4) is 0 Å². The summed E-state index contributed by atoms with van der Waals surface area (Å²) in [6.45, 7) is 8.05. The molecule has 3 nitrogen and oxygen atoms in total. The number of likely N-dealkylation sites (N-methyl/N-ethyl adjacent to an activating group) is 1. The first kappa shape index (κ1) is 15.0. The smallest absolute Gasteiger partial charge is 0.122 e. The number of ether oxygens (including phenoxy) is 1. The van der Waals surface area contributed by atoms with Gasteiger partial charge in [0.15, 0.2) is 0 Å². The van der Waals surface area contributed by atoms with Crippen molar-refractivity contribution in [3.8, 4) is 5.75 Å². The second-order valence-electron chi connectivity index (χ2n) is 5.09. The molecule has 0 heterocycles. The first-order chi connectivity index (χ1) is 8.61. The van der Waals surface area contributed by atoms with Gasteiger partial charge in [0.25, 0.3) is 0 Å². The first-order valence-electron chi connectivity index (χ1n) is 6.68. The lowest BCUT2D eigenvalue weighted by Crippen LogP contribution is -2.29. The van der Waals surface area contributed by atoms with Gasteiger partial charge in [-0.2, -0.15) is 0 Å². The van der Waals surface area contributed by atoms with E-state index in [1.807, 2.05) is 6.07 Å². The van der Waals surface area contributed by atoms with Gasteiger partial charge in [0, 0.05) is 19.6 Å². The van der Waals surface area contributed by atoms with Crippen molar-refractivity contribution in [2.45, 2.75) is 19.8 Å². The van der Waals surface area contributed by atoms with Gasteiger partial charge in [0.2, 0.25) is 0 Å². The number of nitrogens with zero attached hydrogens (tertiary/aromatic N) is 1.